The minimum atomic E-state index is 0.625. The van der Waals surface area contributed by atoms with Crippen LogP contribution in [0.25, 0.3) is 0 Å². The Morgan fingerprint density at radius 2 is 1.96 bits per heavy atom. The Hall–Kier alpha value is -1.91. The number of nitrogens with zero attached hydrogens (tertiary/aromatic N) is 3. The maximum absolute atomic E-state index is 4.57. The molecule has 2 atom stereocenters. The average Bonchev–Trinajstić information content (AvgIpc) is 2.70. The Bertz CT molecular complexity index is 631. The second kappa shape index (κ2) is 9.70. The lowest BCUT2D eigenvalue weighted by atomic mass is 9.94. The zero-order valence-corrected chi connectivity index (χ0v) is 16.1. The van der Waals surface area contributed by atoms with E-state index < -0.39 is 0 Å². The molecule has 1 aromatic carbocycles. The fourth-order valence-electron chi connectivity index (χ4n) is 3.83. The summed E-state index contributed by atoms with van der Waals surface area (Å²) in [6, 6.07) is 17.4. The van der Waals surface area contributed by atoms with Crippen LogP contribution in [-0.2, 0) is 6.54 Å². The Labute approximate surface area is 158 Å². The minimum absolute atomic E-state index is 0.625. The largest absolute Gasteiger partial charge is 0.351 e. The van der Waals surface area contributed by atoms with Gasteiger partial charge in [0.05, 0.1) is 0 Å². The van der Waals surface area contributed by atoms with Gasteiger partial charge in [-0.15, -0.1) is 0 Å². The average molecular weight is 353 g/mol. The van der Waals surface area contributed by atoms with Crippen LogP contribution < -0.4 is 10.2 Å². The van der Waals surface area contributed by atoms with Crippen LogP contribution in [0.15, 0.2) is 54.7 Å². The number of likely N-dealkylation sites (tertiary alicyclic amines) is 1. The second-order valence-corrected chi connectivity index (χ2v) is 7.31. The molecule has 1 fully saturated rings. The molecule has 26 heavy (non-hydrogen) atoms. The van der Waals surface area contributed by atoms with Crippen LogP contribution in [0.3, 0.4) is 0 Å². The molecule has 2 unspecified atom stereocenters. The van der Waals surface area contributed by atoms with E-state index in [1.165, 1.54) is 31.6 Å². The van der Waals surface area contributed by atoms with Gasteiger partial charge in [-0.05, 0) is 43.1 Å². The zero-order valence-electron chi connectivity index (χ0n) is 16.1. The summed E-state index contributed by atoms with van der Waals surface area (Å²) in [6.45, 7) is 11.1. The van der Waals surface area contributed by atoms with Crippen LogP contribution in [0, 0.1) is 5.92 Å². The molecular weight excluding hydrogens is 320 g/mol. The first-order valence-electron chi connectivity index (χ1n) is 9.92. The van der Waals surface area contributed by atoms with Gasteiger partial charge < -0.3 is 15.1 Å². The van der Waals surface area contributed by atoms with Crippen LogP contribution in [-0.4, -0.2) is 48.6 Å². The van der Waals surface area contributed by atoms with Gasteiger partial charge in [0.1, 0.15) is 5.82 Å². The molecule has 0 spiro atoms. The van der Waals surface area contributed by atoms with E-state index in [1.807, 2.05) is 12.3 Å². The number of nitrogens with one attached hydrogen (secondary N) is 1. The van der Waals surface area contributed by atoms with Crippen LogP contribution in [0.4, 0.5) is 5.82 Å². The van der Waals surface area contributed by atoms with Crippen molar-refractivity contribution in [3.05, 3.63) is 60.3 Å². The summed E-state index contributed by atoms with van der Waals surface area (Å²) in [5.74, 6) is 1.76. The summed E-state index contributed by atoms with van der Waals surface area (Å²) < 4.78 is 0. The van der Waals surface area contributed by atoms with Crippen molar-refractivity contribution in [1.29, 1.82) is 0 Å². The lowest BCUT2D eigenvalue weighted by Crippen LogP contribution is -2.49. The third-order valence-corrected chi connectivity index (χ3v) is 5.41. The first kappa shape index (κ1) is 18.9. The molecule has 0 saturated carbocycles. The van der Waals surface area contributed by atoms with E-state index in [-0.39, 0.29) is 0 Å². The molecule has 2 aromatic rings. The molecule has 1 N–H and O–H groups in total. The van der Waals surface area contributed by atoms with Gasteiger partial charge in [-0.2, -0.15) is 0 Å². The molecule has 0 aliphatic carbocycles. The topological polar surface area (TPSA) is 31.4 Å². The molecular formula is C22H32N4. The van der Waals surface area contributed by atoms with Crippen LogP contribution in [0.1, 0.15) is 25.8 Å². The second-order valence-electron chi connectivity index (χ2n) is 7.31. The molecule has 4 heteroatoms. The maximum Gasteiger partial charge on any atom is 0.128 e. The predicted molar refractivity (Wildman–Crippen MR) is 109 cm³/mol. The van der Waals surface area contributed by atoms with E-state index in [9.17, 15) is 0 Å². The standard InChI is InChI=1S/C22H32N4/c1-3-25-15-12-21(19(2)17-25)23-14-16-26(22-11-7-8-13-24-22)18-20-9-5-4-6-10-20/h4-11,13,19,21,23H,3,12,14-18H2,1-2H3. The number of hydrogen-bond donors (Lipinski definition) is 1. The fraction of sp³-hybridized carbons (Fsp3) is 0.500. The molecule has 4 nitrogen and oxygen atoms in total. The summed E-state index contributed by atoms with van der Waals surface area (Å²) in [6.07, 6.45) is 3.13. The quantitative estimate of drug-likeness (QED) is 0.789. The number of piperidine rings is 1. The zero-order chi connectivity index (χ0) is 18.2. The fourth-order valence-corrected chi connectivity index (χ4v) is 3.83. The van der Waals surface area contributed by atoms with Crippen molar-refractivity contribution in [2.75, 3.05) is 37.6 Å². The Kier molecular flexibility index (Phi) is 7.04. The van der Waals surface area contributed by atoms with Gasteiger partial charge in [-0.1, -0.05) is 50.2 Å². The Morgan fingerprint density at radius 1 is 1.15 bits per heavy atom. The first-order valence-corrected chi connectivity index (χ1v) is 9.92. The summed E-state index contributed by atoms with van der Waals surface area (Å²) in [5, 5.41) is 3.81. The van der Waals surface area contributed by atoms with Gasteiger partial charge in [-0.25, -0.2) is 4.98 Å². The maximum atomic E-state index is 4.57. The molecule has 0 radical (unpaired) electrons. The lowest BCUT2D eigenvalue weighted by Gasteiger charge is -2.37. The number of hydrogen-bond acceptors (Lipinski definition) is 4. The van der Waals surface area contributed by atoms with Gasteiger partial charge >= 0.3 is 0 Å². The van der Waals surface area contributed by atoms with Crippen LogP contribution in [0.2, 0.25) is 0 Å². The molecule has 1 aromatic heterocycles. The Morgan fingerprint density at radius 3 is 2.65 bits per heavy atom. The highest BCUT2D eigenvalue weighted by atomic mass is 15.2. The highest BCUT2D eigenvalue weighted by molar-refractivity contribution is 5.39. The van der Waals surface area contributed by atoms with Gasteiger partial charge in [-0.3, -0.25) is 0 Å². The van der Waals surface area contributed by atoms with E-state index in [0.29, 0.717) is 12.0 Å². The number of pyridine rings is 1. The van der Waals surface area contributed by atoms with E-state index in [1.54, 1.807) is 0 Å². The van der Waals surface area contributed by atoms with Crippen LogP contribution >= 0.6 is 0 Å². The van der Waals surface area contributed by atoms with E-state index in [4.69, 9.17) is 0 Å². The highest BCUT2D eigenvalue weighted by Crippen LogP contribution is 2.17. The monoisotopic (exact) mass is 352 g/mol. The van der Waals surface area contributed by atoms with Crippen molar-refractivity contribution in [2.45, 2.75) is 32.9 Å². The van der Waals surface area contributed by atoms with Crippen molar-refractivity contribution in [2.24, 2.45) is 5.92 Å². The molecule has 0 amide bonds. The van der Waals surface area contributed by atoms with Crippen molar-refractivity contribution in [3.63, 3.8) is 0 Å². The van der Waals surface area contributed by atoms with E-state index >= 15 is 0 Å². The van der Waals surface area contributed by atoms with E-state index in [2.05, 4.69) is 76.4 Å². The van der Waals surface area contributed by atoms with Gasteiger partial charge in [0, 0.05) is 38.4 Å². The molecule has 1 saturated heterocycles. The van der Waals surface area contributed by atoms with Crippen molar-refractivity contribution in [1.82, 2.24) is 15.2 Å². The lowest BCUT2D eigenvalue weighted by molar-refractivity contribution is 0.154. The number of benzene rings is 1. The van der Waals surface area contributed by atoms with Gasteiger partial charge in [0.25, 0.3) is 0 Å². The van der Waals surface area contributed by atoms with E-state index in [0.717, 1.165) is 25.5 Å². The molecule has 0 bridgehead atoms. The first-order chi connectivity index (χ1) is 12.8. The molecule has 2 heterocycles. The predicted octanol–water partition coefficient (Wildman–Crippen LogP) is 3.41. The molecule has 1 aliphatic rings. The SMILES string of the molecule is CCN1CCC(NCCN(Cc2ccccc2)c2ccccn2)C(C)C1. The number of rotatable bonds is 8. The minimum Gasteiger partial charge on any atom is -0.351 e. The number of anilines is 1. The molecule has 1 aliphatic heterocycles. The van der Waals surface area contributed by atoms with Crippen molar-refractivity contribution >= 4 is 5.82 Å². The van der Waals surface area contributed by atoms with Crippen molar-refractivity contribution in [3.8, 4) is 0 Å². The summed E-state index contributed by atoms with van der Waals surface area (Å²) in [4.78, 5) is 9.49. The summed E-state index contributed by atoms with van der Waals surface area (Å²) in [7, 11) is 0. The highest BCUT2D eigenvalue weighted by Gasteiger charge is 2.24. The third-order valence-electron chi connectivity index (χ3n) is 5.41. The summed E-state index contributed by atoms with van der Waals surface area (Å²) >= 11 is 0. The smallest absolute Gasteiger partial charge is 0.128 e. The van der Waals surface area contributed by atoms with Gasteiger partial charge in [0.15, 0.2) is 0 Å². The molecule has 140 valence electrons. The summed E-state index contributed by atoms with van der Waals surface area (Å²) in [5.41, 5.74) is 1.32. The third kappa shape index (κ3) is 5.29. The number of aromatic nitrogens is 1. The Balaban J connectivity index is 1.56. The molecule has 3 rings (SSSR count). The van der Waals surface area contributed by atoms with Gasteiger partial charge in [0.2, 0.25) is 0 Å². The van der Waals surface area contributed by atoms with Crippen LogP contribution in [0.5, 0.6) is 0 Å². The normalized spacial score (nSPS) is 20.8. The van der Waals surface area contributed by atoms with Crippen molar-refractivity contribution < 1.29 is 0 Å².